The summed E-state index contributed by atoms with van der Waals surface area (Å²) in [7, 11) is 0. The average molecular weight is 325 g/mol. The van der Waals surface area contributed by atoms with Crippen LogP contribution >= 0.6 is 0 Å². The first-order valence-corrected chi connectivity index (χ1v) is 6.97. The molecule has 24 heavy (non-hydrogen) atoms. The molecule has 2 aromatic rings. The maximum absolute atomic E-state index is 13.7. The molecular formula is C17H16FN5O. The van der Waals surface area contributed by atoms with Gasteiger partial charge in [-0.25, -0.2) is 14.4 Å². The number of hydrogen-bond acceptors (Lipinski definition) is 5. The lowest BCUT2D eigenvalue weighted by Gasteiger charge is -2.03. The first-order chi connectivity index (χ1) is 11.7. The number of aliphatic imine (C=N–C) groups is 3. The first-order valence-electron chi connectivity index (χ1n) is 6.97. The van der Waals surface area contributed by atoms with Gasteiger partial charge < -0.3 is 10.3 Å². The Labute approximate surface area is 138 Å². The SMILES string of the molecule is C=CN=C(N=C)C(N)=CC(=NCc1ccccc1F)c1ccon1. The van der Waals surface area contributed by atoms with Gasteiger partial charge >= 0.3 is 0 Å². The van der Waals surface area contributed by atoms with Gasteiger partial charge in [0, 0.05) is 17.8 Å². The fourth-order valence-electron chi connectivity index (χ4n) is 1.85. The van der Waals surface area contributed by atoms with Gasteiger partial charge in [-0.3, -0.25) is 4.99 Å². The van der Waals surface area contributed by atoms with Crippen LogP contribution in [-0.2, 0) is 6.54 Å². The zero-order chi connectivity index (χ0) is 17.4. The minimum absolute atomic E-state index is 0.119. The van der Waals surface area contributed by atoms with Crippen LogP contribution < -0.4 is 5.73 Å². The number of nitrogens with two attached hydrogens (primary N) is 1. The normalized spacial score (nSPS) is 13.0. The highest BCUT2D eigenvalue weighted by Crippen LogP contribution is 2.10. The molecule has 1 aromatic heterocycles. The van der Waals surface area contributed by atoms with E-state index in [9.17, 15) is 4.39 Å². The zero-order valence-electron chi connectivity index (χ0n) is 12.9. The molecule has 0 amide bonds. The van der Waals surface area contributed by atoms with Crippen molar-refractivity contribution in [1.82, 2.24) is 5.16 Å². The highest BCUT2D eigenvalue weighted by atomic mass is 19.1. The van der Waals surface area contributed by atoms with E-state index in [1.165, 1.54) is 24.6 Å². The van der Waals surface area contributed by atoms with E-state index in [1.807, 2.05) is 0 Å². The molecule has 0 saturated heterocycles. The Bertz CT molecular complexity index is 806. The summed E-state index contributed by atoms with van der Waals surface area (Å²) in [4.78, 5) is 12.0. The number of nitrogens with zero attached hydrogens (tertiary/aromatic N) is 4. The van der Waals surface area contributed by atoms with Crippen LogP contribution in [0.2, 0.25) is 0 Å². The zero-order valence-corrected chi connectivity index (χ0v) is 12.9. The summed E-state index contributed by atoms with van der Waals surface area (Å²) in [5.41, 5.74) is 7.49. The molecule has 6 nitrogen and oxygen atoms in total. The maximum atomic E-state index is 13.7. The summed E-state index contributed by atoms with van der Waals surface area (Å²) >= 11 is 0. The van der Waals surface area contributed by atoms with Crippen molar-refractivity contribution >= 4 is 18.3 Å². The summed E-state index contributed by atoms with van der Waals surface area (Å²) in [5.74, 6) is -0.133. The van der Waals surface area contributed by atoms with Crippen LogP contribution in [0.1, 0.15) is 11.3 Å². The van der Waals surface area contributed by atoms with E-state index < -0.39 is 0 Å². The average Bonchev–Trinajstić information content (AvgIpc) is 3.12. The lowest BCUT2D eigenvalue weighted by Crippen LogP contribution is -2.12. The smallest absolute Gasteiger partial charge is 0.174 e. The van der Waals surface area contributed by atoms with Gasteiger partial charge in [-0.2, -0.15) is 0 Å². The molecule has 0 spiro atoms. The Morgan fingerprint density at radius 1 is 1.33 bits per heavy atom. The molecule has 2 rings (SSSR count). The maximum Gasteiger partial charge on any atom is 0.174 e. The van der Waals surface area contributed by atoms with Crippen LogP contribution in [0.15, 0.2) is 80.6 Å². The van der Waals surface area contributed by atoms with Gasteiger partial charge in [0.1, 0.15) is 17.8 Å². The molecule has 0 aliphatic carbocycles. The van der Waals surface area contributed by atoms with Crippen molar-refractivity contribution in [2.24, 2.45) is 20.7 Å². The number of hydrogen-bond donors (Lipinski definition) is 1. The lowest BCUT2D eigenvalue weighted by atomic mass is 10.2. The Hall–Kier alpha value is -3.35. The highest BCUT2D eigenvalue weighted by molar-refractivity contribution is 6.13. The Kier molecular flexibility index (Phi) is 5.90. The van der Waals surface area contributed by atoms with Gasteiger partial charge in [-0.15, -0.1) is 0 Å². The van der Waals surface area contributed by atoms with Gasteiger partial charge in [0.05, 0.1) is 18.0 Å². The fraction of sp³-hybridized carbons (Fsp3) is 0.0588. The van der Waals surface area contributed by atoms with Crippen LogP contribution in [0.4, 0.5) is 4.39 Å². The van der Waals surface area contributed by atoms with Crippen LogP contribution in [-0.4, -0.2) is 23.4 Å². The van der Waals surface area contributed by atoms with E-state index in [0.717, 1.165) is 0 Å². The third kappa shape index (κ3) is 4.33. The highest BCUT2D eigenvalue weighted by Gasteiger charge is 2.09. The molecule has 2 N–H and O–H groups in total. The molecule has 0 aliphatic rings. The molecule has 7 heteroatoms. The Balaban J connectivity index is 2.37. The minimum atomic E-state index is -0.334. The van der Waals surface area contributed by atoms with Gasteiger partial charge in [-0.05, 0) is 18.9 Å². The van der Waals surface area contributed by atoms with Crippen LogP contribution in [0.3, 0.4) is 0 Å². The van der Waals surface area contributed by atoms with Gasteiger partial charge in [-0.1, -0.05) is 29.9 Å². The second kappa shape index (κ2) is 8.33. The molecular weight excluding hydrogens is 309 g/mol. The van der Waals surface area contributed by atoms with Crippen LogP contribution in [0, 0.1) is 5.82 Å². The lowest BCUT2D eigenvalue weighted by molar-refractivity contribution is 0.418. The summed E-state index contributed by atoms with van der Waals surface area (Å²) in [5, 5.41) is 3.83. The third-order valence-electron chi connectivity index (χ3n) is 2.99. The quantitative estimate of drug-likeness (QED) is 0.654. The summed E-state index contributed by atoms with van der Waals surface area (Å²) in [6.45, 7) is 7.01. The van der Waals surface area contributed by atoms with Crippen molar-refractivity contribution < 1.29 is 8.91 Å². The van der Waals surface area contributed by atoms with Crippen LogP contribution in [0.25, 0.3) is 0 Å². The molecule has 0 saturated carbocycles. The van der Waals surface area contributed by atoms with Gasteiger partial charge in [0.2, 0.25) is 0 Å². The van der Waals surface area contributed by atoms with Crippen molar-refractivity contribution in [2.45, 2.75) is 6.54 Å². The largest absolute Gasteiger partial charge is 0.396 e. The topological polar surface area (TPSA) is 89.1 Å². The molecule has 1 heterocycles. The molecule has 1 aromatic carbocycles. The molecule has 0 aliphatic heterocycles. The van der Waals surface area contributed by atoms with E-state index in [0.29, 0.717) is 17.0 Å². The van der Waals surface area contributed by atoms with E-state index in [-0.39, 0.29) is 23.9 Å². The number of aromatic nitrogens is 1. The standard InChI is InChI=1S/C17H16FN5O/c1-3-21-17(20-2)14(19)10-16(15-8-9-24-23-15)22-11-12-6-4-5-7-13(12)18/h3-10H,1-2,11,19H2. The first kappa shape index (κ1) is 17.0. The minimum Gasteiger partial charge on any atom is -0.396 e. The number of halogens is 1. The van der Waals surface area contributed by atoms with Crippen LogP contribution in [0.5, 0.6) is 0 Å². The molecule has 0 fully saturated rings. The molecule has 0 bridgehead atoms. The monoisotopic (exact) mass is 325 g/mol. The van der Waals surface area contributed by atoms with Crippen molar-refractivity contribution in [3.8, 4) is 0 Å². The predicted molar refractivity (Wildman–Crippen MR) is 92.6 cm³/mol. The number of amidine groups is 1. The predicted octanol–water partition coefficient (Wildman–Crippen LogP) is 2.89. The number of allylic oxidation sites excluding steroid dienone is 1. The fourth-order valence-corrected chi connectivity index (χ4v) is 1.85. The molecule has 122 valence electrons. The van der Waals surface area contributed by atoms with Crippen molar-refractivity contribution in [2.75, 3.05) is 0 Å². The van der Waals surface area contributed by atoms with E-state index >= 15 is 0 Å². The van der Waals surface area contributed by atoms with Crippen molar-refractivity contribution in [3.05, 3.63) is 78.2 Å². The molecule has 0 atom stereocenters. The summed E-state index contributed by atoms with van der Waals surface area (Å²) < 4.78 is 18.6. The number of rotatable bonds is 6. The molecule has 0 radical (unpaired) electrons. The van der Waals surface area contributed by atoms with Gasteiger partial charge in [0.15, 0.2) is 5.84 Å². The van der Waals surface area contributed by atoms with E-state index in [4.69, 9.17) is 10.3 Å². The summed E-state index contributed by atoms with van der Waals surface area (Å²) in [6.07, 6.45) is 4.23. The Morgan fingerprint density at radius 2 is 2.12 bits per heavy atom. The Morgan fingerprint density at radius 3 is 2.75 bits per heavy atom. The van der Waals surface area contributed by atoms with E-state index in [1.54, 1.807) is 24.3 Å². The third-order valence-corrected chi connectivity index (χ3v) is 2.99. The number of benzene rings is 1. The summed E-state index contributed by atoms with van der Waals surface area (Å²) in [6, 6.07) is 8.01. The van der Waals surface area contributed by atoms with E-state index in [2.05, 4.69) is 33.4 Å². The van der Waals surface area contributed by atoms with Gasteiger partial charge in [0.25, 0.3) is 0 Å². The van der Waals surface area contributed by atoms with Crippen molar-refractivity contribution in [1.29, 1.82) is 0 Å². The van der Waals surface area contributed by atoms with Crippen molar-refractivity contribution in [3.63, 3.8) is 0 Å². The molecule has 0 unspecified atom stereocenters. The second-order valence-corrected chi connectivity index (χ2v) is 4.57. The second-order valence-electron chi connectivity index (χ2n) is 4.57.